The summed E-state index contributed by atoms with van der Waals surface area (Å²) in [5.41, 5.74) is 0. The Labute approximate surface area is 365 Å². The lowest BCUT2D eigenvalue weighted by Crippen LogP contribution is -2.30. The summed E-state index contributed by atoms with van der Waals surface area (Å²) in [5.74, 6) is -0.906. The van der Waals surface area contributed by atoms with Gasteiger partial charge in [0.1, 0.15) is 13.2 Å². The van der Waals surface area contributed by atoms with E-state index in [1.807, 2.05) is 0 Å². The van der Waals surface area contributed by atoms with E-state index < -0.39 is 6.10 Å². The normalized spacial score (nSPS) is 12.3. The Balaban J connectivity index is 4.36. The highest BCUT2D eigenvalue weighted by Crippen LogP contribution is 2.14. The predicted octanol–water partition coefficient (Wildman–Crippen LogP) is 16.5. The van der Waals surface area contributed by atoms with Gasteiger partial charge in [0.05, 0.1) is 0 Å². The van der Waals surface area contributed by atoms with Crippen LogP contribution in [0.4, 0.5) is 0 Å². The second kappa shape index (κ2) is 48.3. The van der Waals surface area contributed by atoms with Crippen LogP contribution in [-0.4, -0.2) is 37.2 Å². The van der Waals surface area contributed by atoms with Gasteiger partial charge in [-0.3, -0.25) is 14.4 Å². The van der Waals surface area contributed by atoms with E-state index >= 15 is 0 Å². The molecule has 1 atom stereocenters. The van der Waals surface area contributed by atoms with Crippen LogP contribution in [0.25, 0.3) is 0 Å². The molecule has 0 heterocycles. The first-order chi connectivity index (χ1) is 29.0. The zero-order valence-electron chi connectivity index (χ0n) is 39.3. The van der Waals surface area contributed by atoms with Gasteiger partial charge < -0.3 is 14.2 Å². The van der Waals surface area contributed by atoms with Crippen molar-refractivity contribution < 1.29 is 28.6 Å². The molecule has 0 spiro atoms. The quantitative estimate of drug-likeness (QED) is 0.0263. The minimum absolute atomic E-state index is 0.0818. The van der Waals surface area contributed by atoms with Gasteiger partial charge >= 0.3 is 17.9 Å². The molecule has 0 aromatic carbocycles. The molecule has 0 radical (unpaired) electrons. The van der Waals surface area contributed by atoms with Gasteiger partial charge in [-0.1, -0.05) is 192 Å². The molecule has 344 valence electrons. The third-order valence-corrected chi connectivity index (χ3v) is 11.1. The first-order valence-electron chi connectivity index (χ1n) is 25.5. The number of ether oxygens (including phenoxy) is 3. The van der Waals surface area contributed by atoms with E-state index in [-0.39, 0.29) is 31.1 Å². The van der Waals surface area contributed by atoms with E-state index in [1.165, 1.54) is 148 Å². The molecule has 0 aliphatic heterocycles. The van der Waals surface area contributed by atoms with Crippen molar-refractivity contribution in [2.45, 2.75) is 271 Å². The third-order valence-electron chi connectivity index (χ3n) is 11.1. The van der Waals surface area contributed by atoms with E-state index in [0.29, 0.717) is 19.3 Å². The van der Waals surface area contributed by atoms with Crippen molar-refractivity contribution in [3.63, 3.8) is 0 Å². The van der Waals surface area contributed by atoms with Gasteiger partial charge in [-0.15, -0.1) is 0 Å². The molecule has 1 unspecified atom stereocenters. The van der Waals surface area contributed by atoms with Gasteiger partial charge in [-0.25, -0.2) is 0 Å². The Kier molecular flexibility index (Phi) is 46.4. The lowest BCUT2D eigenvalue weighted by molar-refractivity contribution is -0.167. The van der Waals surface area contributed by atoms with E-state index in [0.717, 1.165) is 77.0 Å². The molecule has 0 bridgehead atoms. The number of rotatable bonds is 46. The lowest BCUT2D eigenvalue weighted by atomic mass is 10.1. The molecule has 0 aliphatic carbocycles. The molecule has 0 N–H and O–H groups in total. The molecule has 6 nitrogen and oxygen atoms in total. The van der Waals surface area contributed by atoms with Crippen LogP contribution in [0.2, 0.25) is 0 Å². The number of hydrogen-bond donors (Lipinski definition) is 0. The summed E-state index contributed by atoms with van der Waals surface area (Å²) in [6, 6.07) is 0. The molecule has 0 saturated carbocycles. The van der Waals surface area contributed by atoms with Crippen LogP contribution in [0.5, 0.6) is 0 Å². The fraction of sp³-hybridized carbons (Fsp3) is 0.830. The Morgan fingerprint density at radius 3 is 0.915 bits per heavy atom. The fourth-order valence-electron chi connectivity index (χ4n) is 7.18. The van der Waals surface area contributed by atoms with Gasteiger partial charge in [-0.05, 0) is 89.9 Å². The second-order valence-corrected chi connectivity index (χ2v) is 17.1. The molecule has 6 heteroatoms. The summed E-state index contributed by atoms with van der Waals surface area (Å²) in [5, 5.41) is 0. The van der Waals surface area contributed by atoms with Crippen molar-refractivity contribution in [3.8, 4) is 0 Å². The monoisotopic (exact) mass is 829 g/mol. The molecule has 59 heavy (non-hydrogen) atoms. The van der Waals surface area contributed by atoms with Crippen molar-refractivity contribution in [1.82, 2.24) is 0 Å². The average Bonchev–Trinajstić information content (AvgIpc) is 3.23. The van der Waals surface area contributed by atoms with Crippen molar-refractivity contribution in [2.75, 3.05) is 13.2 Å². The first-order valence-corrected chi connectivity index (χ1v) is 25.5. The average molecular weight is 829 g/mol. The van der Waals surface area contributed by atoms with Crippen LogP contribution in [0.15, 0.2) is 36.5 Å². The molecule has 0 amide bonds. The second-order valence-electron chi connectivity index (χ2n) is 17.1. The fourth-order valence-corrected chi connectivity index (χ4v) is 7.18. The van der Waals surface area contributed by atoms with Crippen LogP contribution in [0.1, 0.15) is 265 Å². The number of carbonyl (C=O) groups excluding carboxylic acids is 3. The van der Waals surface area contributed by atoms with E-state index in [9.17, 15) is 14.4 Å². The van der Waals surface area contributed by atoms with Gasteiger partial charge in [0, 0.05) is 19.3 Å². The SMILES string of the molecule is CCCC/C=C\CCCCCCCC(=O)OCC(COC(=O)CCCCCCCCC/C=C\CCCCCCCC)OC(=O)CCCCC/C=C\CCCCCCCC. The predicted molar refractivity (Wildman–Crippen MR) is 252 cm³/mol. The number of carbonyl (C=O) groups is 3. The third kappa shape index (κ3) is 46.5. The molecule has 0 rings (SSSR count). The molecule has 0 aromatic heterocycles. The Bertz CT molecular complexity index is 1000. The maximum atomic E-state index is 12.8. The molecule has 0 aromatic rings. The van der Waals surface area contributed by atoms with Crippen molar-refractivity contribution in [1.29, 1.82) is 0 Å². The highest BCUT2D eigenvalue weighted by molar-refractivity contribution is 5.71. The summed E-state index contributed by atoms with van der Waals surface area (Å²) in [4.78, 5) is 37.9. The van der Waals surface area contributed by atoms with Crippen molar-refractivity contribution in [2.24, 2.45) is 0 Å². The largest absolute Gasteiger partial charge is 0.462 e. The van der Waals surface area contributed by atoms with Gasteiger partial charge in [0.2, 0.25) is 0 Å². The lowest BCUT2D eigenvalue weighted by Gasteiger charge is -2.18. The van der Waals surface area contributed by atoms with Crippen molar-refractivity contribution >= 4 is 17.9 Å². The number of allylic oxidation sites excluding steroid dienone is 6. The van der Waals surface area contributed by atoms with E-state index in [4.69, 9.17) is 14.2 Å². The number of esters is 3. The highest BCUT2D eigenvalue weighted by atomic mass is 16.6. The Morgan fingerprint density at radius 1 is 0.322 bits per heavy atom. The smallest absolute Gasteiger partial charge is 0.306 e. The van der Waals surface area contributed by atoms with Crippen LogP contribution in [-0.2, 0) is 28.6 Å². The van der Waals surface area contributed by atoms with Gasteiger partial charge in [-0.2, -0.15) is 0 Å². The minimum Gasteiger partial charge on any atom is -0.462 e. The van der Waals surface area contributed by atoms with Crippen LogP contribution >= 0.6 is 0 Å². The van der Waals surface area contributed by atoms with Gasteiger partial charge in [0.15, 0.2) is 6.10 Å². The van der Waals surface area contributed by atoms with Crippen LogP contribution < -0.4 is 0 Å². The highest BCUT2D eigenvalue weighted by Gasteiger charge is 2.19. The minimum atomic E-state index is -0.781. The summed E-state index contributed by atoms with van der Waals surface area (Å²) in [7, 11) is 0. The topological polar surface area (TPSA) is 78.9 Å². The maximum Gasteiger partial charge on any atom is 0.306 e. The Hall–Kier alpha value is -2.37. The summed E-state index contributed by atoms with van der Waals surface area (Å²) in [6.45, 7) is 6.57. The zero-order chi connectivity index (χ0) is 43.0. The molecular formula is C53H96O6. The molecule has 0 fully saturated rings. The van der Waals surface area contributed by atoms with Crippen LogP contribution in [0.3, 0.4) is 0 Å². The molecular weight excluding hydrogens is 733 g/mol. The van der Waals surface area contributed by atoms with E-state index in [1.54, 1.807) is 0 Å². The Morgan fingerprint density at radius 2 is 0.576 bits per heavy atom. The zero-order valence-corrected chi connectivity index (χ0v) is 39.3. The van der Waals surface area contributed by atoms with E-state index in [2.05, 4.69) is 57.2 Å². The van der Waals surface area contributed by atoms with Crippen molar-refractivity contribution in [3.05, 3.63) is 36.5 Å². The summed E-state index contributed by atoms with van der Waals surface area (Å²) >= 11 is 0. The summed E-state index contributed by atoms with van der Waals surface area (Å²) < 4.78 is 16.7. The first kappa shape index (κ1) is 56.6. The molecule has 0 saturated heterocycles. The van der Waals surface area contributed by atoms with Crippen LogP contribution in [0, 0.1) is 0 Å². The molecule has 0 aliphatic rings. The summed E-state index contributed by atoms with van der Waals surface area (Å²) in [6.07, 6.45) is 55.5. The maximum absolute atomic E-state index is 12.8. The standard InChI is InChI=1S/C53H96O6/c1-4-7-10-13-16-19-22-24-25-26-27-29-31-34-37-40-43-46-52(55)58-49-50(48-57-51(54)45-42-39-36-33-30-21-18-15-12-9-6-3)59-53(56)47-44-41-38-35-32-28-23-20-17-14-11-8-5-2/h15,18,24-25,28,32,50H,4-14,16-17,19-23,26-27,29-31,33-49H2,1-3H3/b18-15-,25-24-,32-28-. The number of unbranched alkanes of at least 4 members (excludes halogenated alkanes) is 29. The number of hydrogen-bond acceptors (Lipinski definition) is 6. The van der Waals surface area contributed by atoms with Gasteiger partial charge in [0.25, 0.3) is 0 Å².